The quantitative estimate of drug-likeness (QED) is 0.381. The molecule has 0 saturated heterocycles. The molecular formula is C10H9N5O5. The molecule has 0 fully saturated rings. The van der Waals surface area contributed by atoms with E-state index in [1.165, 1.54) is 24.3 Å². The molecule has 1 unspecified atom stereocenters. The number of rotatable bonds is 3. The topological polar surface area (TPSA) is 158 Å². The molecule has 0 aliphatic rings. The number of benzene rings is 1. The second-order valence-electron chi connectivity index (χ2n) is 3.63. The molecule has 1 heterocycles. The molecule has 2 aromatic rings. The number of hydrogen-bond donors (Lipinski definition) is 5. The van der Waals surface area contributed by atoms with E-state index in [-0.39, 0.29) is 11.4 Å². The van der Waals surface area contributed by atoms with Crippen molar-refractivity contribution in [1.29, 1.82) is 0 Å². The third-order valence-corrected chi connectivity index (χ3v) is 2.29. The predicted octanol–water partition coefficient (Wildman–Crippen LogP) is -0.412. The van der Waals surface area contributed by atoms with Crippen molar-refractivity contribution < 1.29 is 15.5 Å². The van der Waals surface area contributed by atoms with Crippen molar-refractivity contribution in [2.75, 3.05) is 0 Å². The lowest BCUT2D eigenvalue weighted by atomic mass is 10.3. The van der Waals surface area contributed by atoms with Gasteiger partial charge in [-0.15, -0.1) is 10.2 Å². The van der Waals surface area contributed by atoms with Crippen LogP contribution < -0.4 is 16.5 Å². The highest BCUT2D eigenvalue weighted by Crippen LogP contribution is 2.24. The van der Waals surface area contributed by atoms with Crippen molar-refractivity contribution in [3.8, 4) is 5.88 Å². The van der Waals surface area contributed by atoms with Crippen molar-refractivity contribution in [3.05, 3.63) is 50.3 Å². The highest BCUT2D eigenvalue weighted by Gasteiger charge is 2.10. The molecular weight excluding hydrogens is 270 g/mol. The Kier molecular flexibility index (Phi) is 3.70. The first-order valence-corrected chi connectivity index (χ1v) is 5.28. The van der Waals surface area contributed by atoms with Crippen molar-refractivity contribution in [2.45, 2.75) is 0 Å². The van der Waals surface area contributed by atoms with Gasteiger partial charge in [0.05, 0.1) is 0 Å². The Morgan fingerprint density at radius 3 is 2.50 bits per heavy atom. The Labute approximate surface area is 110 Å². The van der Waals surface area contributed by atoms with Gasteiger partial charge in [-0.25, -0.2) is 10.0 Å². The fourth-order valence-electron chi connectivity index (χ4n) is 1.41. The lowest BCUT2D eigenvalue weighted by Gasteiger charge is -2.12. The van der Waals surface area contributed by atoms with E-state index >= 15 is 0 Å². The van der Waals surface area contributed by atoms with Crippen LogP contribution in [0.2, 0.25) is 0 Å². The van der Waals surface area contributed by atoms with Crippen molar-refractivity contribution >= 4 is 17.1 Å². The summed E-state index contributed by atoms with van der Waals surface area (Å²) in [5, 5.41) is 35.1. The predicted molar refractivity (Wildman–Crippen MR) is 65.7 cm³/mol. The Morgan fingerprint density at radius 2 is 1.85 bits per heavy atom. The van der Waals surface area contributed by atoms with E-state index in [9.17, 15) is 19.9 Å². The van der Waals surface area contributed by atoms with Crippen LogP contribution in [0.25, 0.3) is 0 Å². The minimum atomic E-state index is -1.21. The van der Waals surface area contributed by atoms with Gasteiger partial charge in [0.2, 0.25) is 11.6 Å². The van der Waals surface area contributed by atoms with Crippen LogP contribution >= 0.6 is 0 Å². The van der Waals surface area contributed by atoms with Gasteiger partial charge in [-0.05, 0) is 6.07 Å². The Morgan fingerprint density at radius 1 is 1.15 bits per heavy atom. The van der Waals surface area contributed by atoms with E-state index in [2.05, 4.69) is 10.2 Å². The van der Waals surface area contributed by atoms with Gasteiger partial charge in [-0.2, -0.15) is 5.23 Å². The molecule has 5 N–H and O–H groups in total. The Bertz CT molecular complexity index is 763. The zero-order chi connectivity index (χ0) is 14.7. The van der Waals surface area contributed by atoms with E-state index in [0.717, 1.165) is 0 Å². The van der Waals surface area contributed by atoms with Crippen LogP contribution in [0.1, 0.15) is 0 Å². The molecule has 2 rings (SSSR count). The highest BCUT2D eigenvalue weighted by atomic mass is 16.8. The highest BCUT2D eigenvalue weighted by molar-refractivity contribution is 5.56. The largest absolute Gasteiger partial charge is 0.595 e. The number of azo groups is 1. The fraction of sp³-hybridized carbons (Fsp3) is 0. The zero-order valence-electron chi connectivity index (χ0n) is 9.82. The molecule has 0 bridgehead atoms. The van der Waals surface area contributed by atoms with Gasteiger partial charge in [0.1, 0.15) is 5.69 Å². The maximum atomic E-state index is 11.4. The first-order valence-electron chi connectivity index (χ1n) is 5.28. The fourth-order valence-corrected chi connectivity index (χ4v) is 1.41. The minimum absolute atomic E-state index is 0.00463. The van der Waals surface area contributed by atoms with Crippen LogP contribution in [0.4, 0.5) is 17.1 Å². The van der Waals surface area contributed by atoms with Crippen LogP contribution in [-0.4, -0.2) is 20.3 Å². The molecule has 20 heavy (non-hydrogen) atoms. The standard InChI is InChI=1S/C10H9N5O5/c16-8-7(9(17)12-10(18)11-8)14-13-5-3-1-2-4-6(5)15(19)20/h1-4,15,19H,(H3,11,12,16,17,18). The minimum Gasteiger partial charge on any atom is -0.595 e. The van der Waals surface area contributed by atoms with E-state index in [1.54, 1.807) is 0 Å². The summed E-state index contributed by atoms with van der Waals surface area (Å²) in [5.41, 5.74) is -2.47. The van der Waals surface area contributed by atoms with Gasteiger partial charge in [-0.3, -0.25) is 14.8 Å². The molecule has 10 heteroatoms. The monoisotopic (exact) mass is 279 g/mol. The number of quaternary nitrogens is 1. The molecule has 0 amide bonds. The van der Waals surface area contributed by atoms with Crippen LogP contribution in [0, 0.1) is 5.21 Å². The molecule has 1 aromatic heterocycles. The first kappa shape index (κ1) is 13.6. The Balaban J connectivity index is 2.46. The summed E-state index contributed by atoms with van der Waals surface area (Å²) in [6.07, 6.45) is 0. The van der Waals surface area contributed by atoms with Gasteiger partial charge >= 0.3 is 5.69 Å². The summed E-state index contributed by atoms with van der Waals surface area (Å²) in [6, 6.07) is 5.74. The summed E-state index contributed by atoms with van der Waals surface area (Å²) in [7, 11) is 0. The van der Waals surface area contributed by atoms with Crippen molar-refractivity contribution in [3.63, 3.8) is 0 Å². The van der Waals surface area contributed by atoms with E-state index in [1.807, 2.05) is 9.97 Å². The van der Waals surface area contributed by atoms with Gasteiger partial charge in [0.15, 0.2) is 5.69 Å². The molecule has 0 spiro atoms. The molecule has 0 saturated carbocycles. The van der Waals surface area contributed by atoms with Crippen LogP contribution in [0.5, 0.6) is 5.88 Å². The molecule has 104 valence electrons. The molecule has 1 atom stereocenters. The average Bonchev–Trinajstić information content (AvgIpc) is 2.37. The van der Waals surface area contributed by atoms with Crippen LogP contribution in [0.3, 0.4) is 0 Å². The molecule has 0 aliphatic heterocycles. The number of nitrogens with one attached hydrogen (secondary N) is 3. The van der Waals surface area contributed by atoms with Gasteiger partial charge < -0.3 is 10.3 Å². The maximum Gasteiger partial charge on any atom is 0.328 e. The molecule has 1 aromatic carbocycles. The average molecular weight is 279 g/mol. The van der Waals surface area contributed by atoms with Crippen molar-refractivity contribution in [2.24, 2.45) is 10.2 Å². The summed E-state index contributed by atoms with van der Waals surface area (Å²) in [5.74, 6) is -0.754. The van der Waals surface area contributed by atoms with Crippen LogP contribution in [0.15, 0.2) is 44.1 Å². The summed E-state index contributed by atoms with van der Waals surface area (Å²) >= 11 is 0. The Hall–Kier alpha value is -2.82. The molecule has 0 radical (unpaired) electrons. The number of para-hydroxylation sites is 1. The SMILES string of the molecule is O=c1[nH]c(O)c(N=Nc2ccccc2[NH+]([O-])O)c(=O)[nH]1. The van der Waals surface area contributed by atoms with Crippen molar-refractivity contribution in [1.82, 2.24) is 9.97 Å². The van der Waals surface area contributed by atoms with E-state index in [0.29, 0.717) is 0 Å². The number of aromatic hydroxyl groups is 1. The summed E-state index contributed by atoms with van der Waals surface area (Å²) < 4.78 is 0. The van der Waals surface area contributed by atoms with Gasteiger partial charge in [-0.1, -0.05) is 12.1 Å². The lowest BCUT2D eigenvalue weighted by molar-refractivity contribution is -0.990. The zero-order valence-corrected chi connectivity index (χ0v) is 9.82. The lowest BCUT2D eigenvalue weighted by Crippen LogP contribution is -2.99. The van der Waals surface area contributed by atoms with Gasteiger partial charge in [0.25, 0.3) is 5.56 Å². The summed E-state index contributed by atoms with van der Waals surface area (Å²) in [6.45, 7) is 0. The third kappa shape index (κ3) is 2.77. The number of aromatic amines is 2. The molecule has 10 nitrogen and oxygen atoms in total. The summed E-state index contributed by atoms with van der Waals surface area (Å²) in [4.78, 5) is 26.0. The van der Waals surface area contributed by atoms with E-state index in [4.69, 9.17) is 5.21 Å². The second-order valence-corrected chi connectivity index (χ2v) is 3.63. The maximum absolute atomic E-state index is 11.4. The van der Waals surface area contributed by atoms with Crippen LogP contribution in [-0.2, 0) is 0 Å². The molecule has 0 aliphatic carbocycles. The first-order chi connectivity index (χ1) is 9.49. The number of aromatic nitrogens is 2. The normalized spacial score (nSPS) is 12.7. The van der Waals surface area contributed by atoms with Gasteiger partial charge in [0, 0.05) is 6.07 Å². The second kappa shape index (κ2) is 5.44. The van der Waals surface area contributed by atoms with E-state index < -0.39 is 28.0 Å². The number of nitrogens with zero attached hydrogens (tertiary/aromatic N) is 2. The number of hydrogen-bond acceptors (Lipinski definition) is 7. The smallest absolute Gasteiger partial charge is 0.328 e. The third-order valence-electron chi connectivity index (χ3n) is 2.29. The number of H-pyrrole nitrogens is 2.